The van der Waals surface area contributed by atoms with Crippen LogP contribution in [0.15, 0.2) is 435 Å². The smallest absolute Gasteiger partial charge is 0.136 e. The Kier molecular flexibility index (Phi) is 17.3. The summed E-state index contributed by atoms with van der Waals surface area (Å²) < 4.78 is 19.2. The van der Waals surface area contributed by atoms with Gasteiger partial charge in [-0.2, -0.15) is 0 Å². The highest BCUT2D eigenvalue weighted by atomic mass is 32.1. The van der Waals surface area contributed by atoms with Crippen LogP contribution in [-0.2, 0) is 10.8 Å². The zero-order chi connectivity index (χ0) is 96.2. The molecular formula is C141H99N5OS. The predicted octanol–water partition coefficient (Wildman–Crippen LogP) is 37.5. The normalized spacial score (nSPS) is 20.6. The summed E-state index contributed by atoms with van der Waals surface area (Å²) in [6, 6.07) is 159. The predicted molar refractivity (Wildman–Crippen MR) is 617 cm³/mol. The molecule has 0 saturated heterocycles. The lowest BCUT2D eigenvalue weighted by Gasteiger charge is -2.61. The molecule has 27 aromatic rings. The number of pyridine rings is 1. The van der Waals surface area contributed by atoms with Gasteiger partial charge in [-0.25, -0.2) is 0 Å². The molecule has 10 aliphatic rings. The summed E-state index contributed by atoms with van der Waals surface area (Å²) in [5, 5.41) is 19.8. The first-order valence-electron chi connectivity index (χ1n) is 53.7. The maximum Gasteiger partial charge on any atom is 0.136 e. The number of nitrogens with zero attached hydrogens (tertiary/aromatic N) is 5. The molecule has 2 spiro atoms. The molecule has 37 rings (SSSR count). The highest BCUT2D eigenvalue weighted by Crippen LogP contribution is 2.72. The number of aromatic nitrogens is 5. The largest absolute Gasteiger partial charge is 0.456 e. The molecule has 0 amide bonds. The first-order valence-corrected chi connectivity index (χ1v) is 54.6. The third kappa shape index (κ3) is 11.5. The minimum Gasteiger partial charge on any atom is -0.456 e. The molecule has 20 aromatic carbocycles. The van der Waals surface area contributed by atoms with Crippen molar-refractivity contribution in [2.45, 2.75) is 75.0 Å². The van der Waals surface area contributed by atoms with E-state index in [1.54, 1.807) is 22.3 Å². The summed E-state index contributed by atoms with van der Waals surface area (Å²) in [4.78, 5) is 4.41. The van der Waals surface area contributed by atoms with E-state index in [4.69, 9.17) is 4.42 Å². The summed E-state index contributed by atoms with van der Waals surface area (Å²) in [5.74, 6) is 6.76. The van der Waals surface area contributed by atoms with Gasteiger partial charge < -0.3 is 22.7 Å². The van der Waals surface area contributed by atoms with Gasteiger partial charge in [0.25, 0.3) is 0 Å². The van der Waals surface area contributed by atoms with Crippen LogP contribution in [0.4, 0.5) is 0 Å². The van der Waals surface area contributed by atoms with E-state index in [2.05, 4.69) is 442 Å². The fourth-order valence-corrected chi connectivity index (χ4v) is 33.5. The van der Waals surface area contributed by atoms with E-state index in [9.17, 15) is 0 Å². The van der Waals surface area contributed by atoms with Gasteiger partial charge in [-0.15, -0.1) is 11.3 Å². The monoisotopic (exact) mass is 1910 g/mol. The molecule has 148 heavy (non-hydrogen) atoms. The van der Waals surface area contributed by atoms with Crippen molar-refractivity contribution in [1.29, 1.82) is 0 Å². The summed E-state index contributed by atoms with van der Waals surface area (Å²) >= 11 is 1.89. The van der Waals surface area contributed by atoms with Crippen molar-refractivity contribution in [2.24, 2.45) is 47.3 Å². The molecule has 7 heterocycles. The lowest BCUT2D eigenvalue weighted by molar-refractivity contribution is -0.0399. The molecule has 0 radical (unpaired) electrons. The van der Waals surface area contributed by atoms with Gasteiger partial charge in [0.1, 0.15) is 11.2 Å². The molecule has 700 valence electrons. The van der Waals surface area contributed by atoms with E-state index in [0.29, 0.717) is 0 Å². The Morgan fingerprint density at radius 2 is 0.635 bits per heavy atom. The highest BCUT2D eigenvalue weighted by Gasteiger charge is 2.63. The molecule has 0 atom stereocenters. The second-order valence-electron chi connectivity index (χ2n) is 44.7. The van der Waals surface area contributed by atoms with Gasteiger partial charge in [0.15, 0.2) is 0 Å². The van der Waals surface area contributed by atoms with Crippen molar-refractivity contribution in [3.63, 3.8) is 0 Å². The van der Waals surface area contributed by atoms with Crippen LogP contribution < -0.4 is 0 Å². The Bertz CT molecular complexity index is 10400. The Morgan fingerprint density at radius 3 is 1.23 bits per heavy atom. The van der Waals surface area contributed by atoms with Crippen molar-refractivity contribution in [3.05, 3.63) is 453 Å². The SMILES string of the molecule is c1cc(-c2cccc3c(-c4ccc5c(c4)-c4ccccc4C54C5CC6CC(C5)CC4C6)cccc23)cc(-n2c3ccccc3c3cc(-c4ccc5c(c4)c4ccccc4n5-c4cccc5c4sc4ccccc45)ccc32)c1.c1ccc2c(c1)-c1ccc(-c3ccc4c(c3)oc3ccc(-n5c6ccccc6c6cc(-c7ccc8c(c7)c7ccccc7n8-c7cccc8cnccc78)ccc65)cc34)cc1C21C2CC3CC(C2)CC1C3. The van der Waals surface area contributed by atoms with Crippen LogP contribution in [0.3, 0.4) is 0 Å². The Hall–Kier alpha value is -16.7. The van der Waals surface area contributed by atoms with E-state index in [0.717, 1.165) is 91.7 Å². The molecule has 0 N–H and O–H groups in total. The van der Waals surface area contributed by atoms with Gasteiger partial charge in [0, 0.05) is 115 Å². The van der Waals surface area contributed by atoms with E-state index < -0.39 is 0 Å². The summed E-state index contributed by atoms with van der Waals surface area (Å²) in [7, 11) is 0. The van der Waals surface area contributed by atoms with E-state index >= 15 is 0 Å². The van der Waals surface area contributed by atoms with Gasteiger partial charge in [-0.05, 0) is 374 Å². The van der Waals surface area contributed by atoms with Crippen LogP contribution in [0.5, 0.6) is 0 Å². The molecule has 7 aromatic heterocycles. The third-order valence-electron chi connectivity index (χ3n) is 37.7. The van der Waals surface area contributed by atoms with Crippen LogP contribution in [0.2, 0.25) is 0 Å². The van der Waals surface area contributed by atoms with Gasteiger partial charge in [-0.3, -0.25) is 4.98 Å². The van der Waals surface area contributed by atoms with Crippen molar-refractivity contribution in [3.8, 4) is 101 Å². The minimum atomic E-state index is 0.151. The molecule has 0 unspecified atom stereocenters. The second kappa shape index (κ2) is 30.9. The lowest BCUT2D eigenvalue weighted by atomic mass is 9.43. The average molecular weight is 1910 g/mol. The molecule has 7 heteroatoms. The topological polar surface area (TPSA) is 45.8 Å². The standard InChI is InChI=1S/C74H52N2S.C67H47N3O/c1-5-24-65-57(15-1)62-43-49(29-32-66(62)74(65)50-36-44-35-45(38-50)39-51(74)37-44)54-20-11-21-55-53(19-10-22-56(54)55)48-13-9-14-52(40-48)75-67-25-6-2-16-58(67)63-41-46(30-33-69(63)75)47-31-34-70-64(42-47)59-17-3-7-26-68(59)76(70)71-27-12-23-61-60-18-4-8-28-72(60)77-73(61)71;1-4-12-58-50(9-1)51-21-16-43(35-59(51)67(58)46-29-39-28-40(31-46)32-47(67)30-39)44-17-22-54-57-37-48(20-25-65(57)71-66(54)36-44)69-61-13-5-2-10-52(61)55-33-41(18-23-63(55)69)42-19-24-64-56(34-42)53-11-3-6-14-62(53)70(64)60-15-7-8-45-38-68-27-26-49(45)60/h1-34,40-45,50-51H,35-39H2;1-27,33-40,46-47H,28-32H2. The van der Waals surface area contributed by atoms with Crippen molar-refractivity contribution in [2.75, 3.05) is 0 Å². The van der Waals surface area contributed by atoms with Gasteiger partial charge in [0.05, 0.1) is 60.2 Å². The average Bonchev–Trinajstić information content (AvgIpc) is 1.51. The Balaban J connectivity index is 0.000000127. The van der Waals surface area contributed by atoms with E-state index in [-0.39, 0.29) is 10.8 Å². The number of thiophene rings is 1. The molecule has 10 aliphatic carbocycles. The van der Waals surface area contributed by atoms with Crippen LogP contribution in [0, 0.1) is 47.3 Å². The number of furan rings is 1. The molecule has 0 aliphatic heterocycles. The molecule has 8 bridgehead atoms. The molecule has 8 fully saturated rings. The third-order valence-corrected chi connectivity index (χ3v) is 38.9. The van der Waals surface area contributed by atoms with Crippen LogP contribution in [-0.4, -0.2) is 23.3 Å². The van der Waals surface area contributed by atoms with Crippen molar-refractivity contribution >= 4 is 162 Å². The zero-order valence-corrected chi connectivity index (χ0v) is 82.6. The number of rotatable bonds is 9. The first-order chi connectivity index (χ1) is 73.3. The fraction of sp³-hybridized carbons (Fsp3) is 0.142. The molecular weight excluding hydrogens is 1810 g/mol. The summed E-state index contributed by atoms with van der Waals surface area (Å²) in [6.45, 7) is 0. The zero-order valence-electron chi connectivity index (χ0n) is 81.7. The second-order valence-corrected chi connectivity index (χ2v) is 45.7. The Labute approximate surface area is 859 Å². The van der Waals surface area contributed by atoms with E-state index in [1.807, 2.05) is 23.7 Å². The number of hydrogen-bond donors (Lipinski definition) is 0. The van der Waals surface area contributed by atoms with Gasteiger partial charge >= 0.3 is 0 Å². The number of benzene rings is 20. The maximum atomic E-state index is 6.75. The maximum absolute atomic E-state index is 6.75. The number of para-hydroxylation sites is 4. The number of fused-ring (bicyclic) bond motifs is 26. The number of hydrogen-bond acceptors (Lipinski definition) is 3. The quantitative estimate of drug-likeness (QED) is 0.145. The van der Waals surface area contributed by atoms with Crippen LogP contribution in [0.1, 0.15) is 86.5 Å². The minimum absolute atomic E-state index is 0.151. The fourth-order valence-electron chi connectivity index (χ4n) is 32.3. The van der Waals surface area contributed by atoms with Crippen molar-refractivity contribution < 1.29 is 4.42 Å². The van der Waals surface area contributed by atoms with Crippen LogP contribution >= 0.6 is 11.3 Å². The Morgan fingerprint density at radius 1 is 0.223 bits per heavy atom. The first kappa shape index (κ1) is 82.6. The lowest BCUT2D eigenvalue weighted by Crippen LogP contribution is -2.55. The van der Waals surface area contributed by atoms with Crippen LogP contribution in [0.25, 0.3) is 252 Å². The van der Waals surface area contributed by atoms with Gasteiger partial charge in [-0.1, -0.05) is 267 Å². The molecule has 6 nitrogen and oxygen atoms in total. The van der Waals surface area contributed by atoms with Gasteiger partial charge in [0.2, 0.25) is 0 Å². The van der Waals surface area contributed by atoms with E-state index in [1.165, 1.54) is 271 Å². The molecule has 8 saturated carbocycles. The summed E-state index contributed by atoms with van der Waals surface area (Å²) in [6.07, 6.45) is 18.0. The summed E-state index contributed by atoms with van der Waals surface area (Å²) in [5.41, 5.74) is 41.3. The highest BCUT2D eigenvalue weighted by molar-refractivity contribution is 7.26. The van der Waals surface area contributed by atoms with Crippen molar-refractivity contribution in [1.82, 2.24) is 23.3 Å².